The zero-order valence-corrected chi connectivity index (χ0v) is 7.96. The molecule has 0 saturated carbocycles. The van der Waals surface area contributed by atoms with Crippen LogP contribution >= 0.6 is 0 Å². The molecular formula is C10H18N2+2. The minimum Gasteiger partial charge on any atom is -0.340 e. The molecule has 0 bridgehead atoms. The third-order valence-electron chi connectivity index (χ3n) is 1.87. The van der Waals surface area contributed by atoms with Gasteiger partial charge in [0.25, 0.3) is 0 Å². The SMILES string of the molecule is C[NH+](C)CCC[n+]1ccccc1. The number of hydrogen-bond donors (Lipinski definition) is 1. The van der Waals surface area contributed by atoms with Gasteiger partial charge in [-0.15, -0.1) is 0 Å². The summed E-state index contributed by atoms with van der Waals surface area (Å²) in [4.78, 5) is 1.52. The van der Waals surface area contributed by atoms with Gasteiger partial charge in [0.2, 0.25) is 0 Å². The highest BCUT2D eigenvalue weighted by atomic mass is 15.1. The van der Waals surface area contributed by atoms with Gasteiger partial charge < -0.3 is 4.90 Å². The number of quaternary nitrogens is 1. The molecule has 2 nitrogen and oxygen atoms in total. The second-order valence-electron chi connectivity index (χ2n) is 3.42. The van der Waals surface area contributed by atoms with Gasteiger partial charge in [0.1, 0.15) is 0 Å². The molecule has 0 amide bonds. The first-order chi connectivity index (χ1) is 5.79. The molecule has 0 unspecified atom stereocenters. The molecule has 0 spiro atoms. The van der Waals surface area contributed by atoms with Crippen LogP contribution in [0.2, 0.25) is 0 Å². The van der Waals surface area contributed by atoms with Crippen LogP contribution in [0.5, 0.6) is 0 Å². The predicted molar refractivity (Wildman–Crippen MR) is 48.9 cm³/mol. The van der Waals surface area contributed by atoms with Crippen molar-refractivity contribution in [2.45, 2.75) is 13.0 Å². The van der Waals surface area contributed by atoms with Crippen LogP contribution in [-0.2, 0) is 6.54 Å². The van der Waals surface area contributed by atoms with E-state index in [9.17, 15) is 0 Å². The molecule has 0 aliphatic carbocycles. The van der Waals surface area contributed by atoms with Gasteiger partial charge in [0, 0.05) is 12.1 Å². The molecular weight excluding hydrogens is 148 g/mol. The van der Waals surface area contributed by atoms with Crippen molar-refractivity contribution < 1.29 is 9.47 Å². The standard InChI is InChI=1S/C10H17N2/c1-11(2)7-6-10-12-8-4-3-5-9-12/h3-5,8-9H,6-7,10H2,1-2H3/q+1/p+1. The third-order valence-corrected chi connectivity index (χ3v) is 1.87. The van der Waals surface area contributed by atoms with Crippen molar-refractivity contribution in [1.82, 2.24) is 0 Å². The minimum atomic E-state index is 1.13. The van der Waals surface area contributed by atoms with Gasteiger partial charge in [-0.2, -0.15) is 0 Å². The molecule has 12 heavy (non-hydrogen) atoms. The highest BCUT2D eigenvalue weighted by Crippen LogP contribution is 1.78. The number of hydrogen-bond acceptors (Lipinski definition) is 0. The number of aryl methyl sites for hydroxylation is 1. The fraction of sp³-hybridized carbons (Fsp3) is 0.500. The summed E-state index contributed by atoms with van der Waals surface area (Å²) in [5.41, 5.74) is 0. The summed E-state index contributed by atoms with van der Waals surface area (Å²) in [6.07, 6.45) is 5.48. The molecule has 1 heterocycles. The first kappa shape index (κ1) is 9.20. The summed E-state index contributed by atoms with van der Waals surface area (Å²) < 4.78 is 2.23. The van der Waals surface area contributed by atoms with Crippen LogP contribution in [0.4, 0.5) is 0 Å². The average molecular weight is 166 g/mol. The van der Waals surface area contributed by atoms with Gasteiger partial charge in [-0.05, 0) is 0 Å². The van der Waals surface area contributed by atoms with Gasteiger partial charge in [0.15, 0.2) is 18.9 Å². The molecule has 0 fully saturated rings. The lowest BCUT2D eigenvalue weighted by molar-refractivity contribution is -0.861. The molecule has 0 aliphatic heterocycles. The van der Waals surface area contributed by atoms with E-state index in [2.05, 4.69) is 43.2 Å². The van der Waals surface area contributed by atoms with Crippen LogP contribution in [0.1, 0.15) is 6.42 Å². The van der Waals surface area contributed by atoms with Crippen molar-refractivity contribution in [3.05, 3.63) is 30.6 Å². The van der Waals surface area contributed by atoms with Gasteiger partial charge in [-0.3, -0.25) is 0 Å². The summed E-state index contributed by atoms with van der Waals surface area (Å²) in [5.74, 6) is 0. The summed E-state index contributed by atoms with van der Waals surface area (Å²) in [6, 6.07) is 6.19. The molecule has 1 aromatic heterocycles. The maximum Gasteiger partial charge on any atom is 0.168 e. The molecule has 1 rings (SSSR count). The average Bonchev–Trinajstić information content (AvgIpc) is 2.05. The van der Waals surface area contributed by atoms with Gasteiger partial charge in [0.05, 0.1) is 27.1 Å². The molecule has 1 aromatic rings. The van der Waals surface area contributed by atoms with Gasteiger partial charge >= 0.3 is 0 Å². The summed E-state index contributed by atoms with van der Waals surface area (Å²) in [5, 5.41) is 0. The zero-order valence-electron chi connectivity index (χ0n) is 7.96. The molecule has 0 aliphatic rings. The molecule has 1 N–H and O–H groups in total. The smallest absolute Gasteiger partial charge is 0.168 e. The molecule has 0 saturated heterocycles. The zero-order chi connectivity index (χ0) is 8.81. The Morgan fingerprint density at radius 3 is 2.33 bits per heavy atom. The first-order valence-electron chi connectivity index (χ1n) is 4.52. The lowest BCUT2D eigenvalue weighted by Crippen LogP contribution is -3.05. The molecule has 0 aromatic carbocycles. The van der Waals surface area contributed by atoms with Gasteiger partial charge in [-0.25, -0.2) is 4.57 Å². The second-order valence-corrected chi connectivity index (χ2v) is 3.42. The molecule has 0 radical (unpaired) electrons. The highest BCUT2D eigenvalue weighted by molar-refractivity contribution is 4.83. The number of rotatable bonds is 4. The Morgan fingerprint density at radius 2 is 1.75 bits per heavy atom. The van der Waals surface area contributed by atoms with Crippen molar-refractivity contribution in [2.75, 3.05) is 20.6 Å². The van der Waals surface area contributed by atoms with Crippen molar-refractivity contribution in [3.8, 4) is 0 Å². The Labute approximate surface area is 74.4 Å². The molecule has 0 atom stereocenters. The third kappa shape index (κ3) is 3.49. The maximum atomic E-state index is 2.23. The number of nitrogens with zero attached hydrogens (tertiary/aromatic N) is 1. The van der Waals surface area contributed by atoms with Crippen molar-refractivity contribution >= 4 is 0 Å². The van der Waals surface area contributed by atoms with Crippen molar-refractivity contribution in [2.24, 2.45) is 0 Å². The number of aromatic nitrogens is 1. The lowest BCUT2D eigenvalue weighted by Gasteiger charge is -2.04. The van der Waals surface area contributed by atoms with E-state index in [1.807, 2.05) is 6.07 Å². The van der Waals surface area contributed by atoms with Gasteiger partial charge in [-0.1, -0.05) is 6.07 Å². The fourth-order valence-electron chi connectivity index (χ4n) is 1.20. The van der Waals surface area contributed by atoms with E-state index in [-0.39, 0.29) is 0 Å². The van der Waals surface area contributed by atoms with Crippen LogP contribution in [0, 0.1) is 0 Å². The van der Waals surface area contributed by atoms with E-state index in [1.165, 1.54) is 17.9 Å². The van der Waals surface area contributed by atoms with Crippen LogP contribution in [-0.4, -0.2) is 20.6 Å². The maximum absolute atomic E-state index is 2.23. The topological polar surface area (TPSA) is 8.32 Å². The minimum absolute atomic E-state index is 1.13. The largest absolute Gasteiger partial charge is 0.340 e. The van der Waals surface area contributed by atoms with Crippen molar-refractivity contribution in [1.29, 1.82) is 0 Å². The quantitative estimate of drug-likeness (QED) is 0.578. The lowest BCUT2D eigenvalue weighted by atomic mass is 10.4. The van der Waals surface area contributed by atoms with E-state index in [0.717, 1.165) is 6.54 Å². The van der Waals surface area contributed by atoms with Crippen LogP contribution in [0.3, 0.4) is 0 Å². The summed E-state index contributed by atoms with van der Waals surface area (Å²) in [6.45, 7) is 2.37. The number of pyridine rings is 1. The van der Waals surface area contributed by atoms with E-state index in [1.54, 1.807) is 0 Å². The molecule has 66 valence electrons. The first-order valence-corrected chi connectivity index (χ1v) is 4.52. The van der Waals surface area contributed by atoms with Crippen LogP contribution in [0.25, 0.3) is 0 Å². The Morgan fingerprint density at radius 1 is 1.08 bits per heavy atom. The Bertz CT molecular complexity index is 206. The predicted octanol–water partition coefficient (Wildman–Crippen LogP) is -0.491. The Hall–Kier alpha value is -0.890. The Balaban J connectivity index is 2.25. The van der Waals surface area contributed by atoms with Crippen LogP contribution < -0.4 is 9.47 Å². The number of nitrogens with one attached hydrogen (secondary N) is 1. The van der Waals surface area contributed by atoms with E-state index < -0.39 is 0 Å². The Kier molecular flexibility index (Phi) is 3.74. The van der Waals surface area contributed by atoms with Crippen molar-refractivity contribution in [3.63, 3.8) is 0 Å². The van der Waals surface area contributed by atoms with Crippen LogP contribution in [0.15, 0.2) is 30.6 Å². The normalized spacial score (nSPS) is 10.6. The van der Waals surface area contributed by atoms with E-state index in [0.29, 0.717) is 0 Å². The van der Waals surface area contributed by atoms with E-state index in [4.69, 9.17) is 0 Å². The monoisotopic (exact) mass is 166 g/mol. The fourth-order valence-corrected chi connectivity index (χ4v) is 1.20. The summed E-state index contributed by atoms with van der Waals surface area (Å²) >= 11 is 0. The summed E-state index contributed by atoms with van der Waals surface area (Å²) in [7, 11) is 4.38. The second kappa shape index (κ2) is 4.88. The highest BCUT2D eigenvalue weighted by Gasteiger charge is 1.99. The van der Waals surface area contributed by atoms with E-state index >= 15 is 0 Å². The molecule has 2 heteroatoms.